The number of carbonyl (C=O) groups is 1. The highest BCUT2D eigenvalue weighted by molar-refractivity contribution is 6.05. The molecular formula is C24H18F3N3O2. The summed E-state index contributed by atoms with van der Waals surface area (Å²) in [7, 11) is 1.67. The Bertz CT molecular complexity index is 1290. The number of anilines is 1. The number of benzene rings is 2. The summed E-state index contributed by atoms with van der Waals surface area (Å²) >= 11 is 0. The van der Waals surface area contributed by atoms with Crippen molar-refractivity contribution in [3.63, 3.8) is 0 Å². The van der Waals surface area contributed by atoms with Gasteiger partial charge in [0.2, 0.25) is 0 Å². The Balaban J connectivity index is 1.54. The van der Waals surface area contributed by atoms with E-state index in [0.29, 0.717) is 34.7 Å². The predicted molar refractivity (Wildman–Crippen MR) is 113 cm³/mol. The number of alkyl halides is 3. The fourth-order valence-electron chi connectivity index (χ4n) is 4.07. The van der Waals surface area contributed by atoms with E-state index in [1.807, 2.05) is 30.3 Å². The van der Waals surface area contributed by atoms with E-state index in [2.05, 4.69) is 5.10 Å². The van der Waals surface area contributed by atoms with Gasteiger partial charge in [0.05, 0.1) is 17.6 Å². The van der Waals surface area contributed by atoms with E-state index in [-0.39, 0.29) is 17.9 Å². The van der Waals surface area contributed by atoms with Crippen molar-refractivity contribution in [2.24, 2.45) is 0 Å². The minimum Gasteiger partial charge on any atom is -0.469 e. The van der Waals surface area contributed by atoms with E-state index < -0.39 is 11.9 Å². The van der Waals surface area contributed by atoms with Crippen LogP contribution in [0.25, 0.3) is 16.9 Å². The van der Waals surface area contributed by atoms with Crippen LogP contribution in [0.3, 0.4) is 0 Å². The van der Waals surface area contributed by atoms with E-state index in [9.17, 15) is 18.0 Å². The summed E-state index contributed by atoms with van der Waals surface area (Å²) in [5.74, 6) is 0.419. The third kappa shape index (κ3) is 3.28. The van der Waals surface area contributed by atoms with Crippen LogP contribution in [0.2, 0.25) is 0 Å². The normalized spacial score (nSPS) is 12.9. The van der Waals surface area contributed by atoms with Crippen LogP contribution in [0, 0.1) is 0 Å². The molecule has 5 rings (SSSR count). The molecule has 0 unspecified atom stereocenters. The monoisotopic (exact) mass is 437 g/mol. The van der Waals surface area contributed by atoms with E-state index >= 15 is 0 Å². The molecule has 5 nitrogen and oxygen atoms in total. The van der Waals surface area contributed by atoms with Crippen molar-refractivity contribution in [2.75, 3.05) is 11.9 Å². The highest BCUT2D eigenvalue weighted by Crippen LogP contribution is 2.42. The van der Waals surface area contributed by atoms with Crippen molar-refractivity contribution in [1.82, 2.24) is 9.78 Å². The SMILES string of the molecule is CN(C(=O)c1ccc(-n2nc(C(F)(F)F)c3c2-c2ccoc2CC3)cc1)c1ccccc1. The second-order valence-corrected chi connectivity index (χ2v) is 7.59. The summed E-state index contributed by atoms with van der Waals surface area (Å²) in [4.78, 5) is 14.4. The lowest BCUT2D eigenvalue weighted by Crippen LogP contribution is -2.26. The van der Waals surface area contributed by atoms with Gasteiger partial charge in [0.25, 0.3) is 5.91 Å². The van der Waals surface area contributed by atoms with E-state index in [0.717, 1.165) is 5.69 Å². The number of hydrogen-bond donors (Lipinski definition) is 0. The van der Waals surface area contributed by atoms with Crippen LogP contribution in [-0.2, 0) is 19.0 Å². The molecule has 162 valence electrons. The Labute approximate surface area is 181 Å². The molecule has 0 N–H and O–H groups in total. The molecule has 32 heavy (non-hydrogen) atoms. The lowest BCUT2D eigenvalue weighted by atomic mass is 9.94. The second-order valence-electron chi connectivity index (χ2n) is 7.59. The lowest BCUT2D eigenvalue weighted by Gasteiger charge is -2.18. The molecule has 2 aromatic carbocycles. The molecule has 2 heterocycles. The first-order valence-corrected chi connectivity index (χ1v) is 10.0. The van der Waals surface area contributed by atoms with E-state index in [1.54, 1.807) is 37.4 Å². The van der Waals surface area contributed by atoms with Crippen molar-refractivity contribution >= 4 is 11.6 Å². The minimum atomic E-state index is -4.56. The van der Waals surface area contributed by atoms with Gasteiger partial charge in [0.15, 0.2) is 5.69 Å². The molecule has 0 saturated carbocycles. The summed E-state index contributed by atoms with van der Waals surface area (Å²) in [5.41, 5.74) is 1.86. The molecule has 1 aliphatic rings. The Morgan fingerprint density at radius 3 is 2.44 bits per heavy atom. The van der Waals surface area contributed by atoms with Gasteiger partial charge in [-0.15, -0.1) is 0 Å². The van der Waals surface area contributed by atoms with Crippen LogP contribution in [0.5, 0.6) is 0 Å². The fourth-order valence-corrected chi connectivity index (χ4v) is 4.07. The van der Waals surface area contributed by atoms with Crippen LogP contribution in [0.4, 0.5) is 18.9 Å². The average molecular weight is 437 g/mol. The molecule has 0 atom stereocenters. The number of furan rings is 1. The molecule has 4 aromatic rings. The number of hydrogen-bond acceptors (Lipinski definition) is 3. The minimum absolute atomic E-state index is 0.162. The van der Waals surface area contributed by atoms with Crippen LogP contribution < -0.4 is 4.90 Å². The maximum absolute atomic E-state index is 13.7. The molecule has 0 aliphatic heterocycles. The van der Waals surface area contributed by atoms with Gasteiger partial charge >= 0.3 is 6.18 Å². The summed E-state index contributed by atoms with van der Waals surface area (Å²) in [6.45, 7) is 0. The molecule has 0 saturated heterocycles. The van der Waals surface area contributed by atoms with Gasteiger partial charge in [-0.05, 0) is 48.9 Å². The number of rotatable bonds is 3. The average Bonchev–Trinajstić information content (AvgIpc) is 3.43. The molecule has 1 amide bonds. The van der Waals surface area contributed by atoms with Crippen LogP contribution >= 0.6 is 0 Å². The number of fused-ring (bicyclic) bond motifs is 3. The van der Waals surface area contributed by atoms with Crippen molar-refractivity contribution in [1.29, 1.82) is 0 Å². The first kappa shape index (κ1) is 20.1. The van der Waals surface area contributed by atoms with Crippen LogP contribution in [0.15, 0.2) is 71.3 Å². The maximum Gasteiger partial charge on any atom is 0.435 e. The first-order valence-electron chi connectivity index (χ1n) is 10.0. The molecule has 0 spiro atoms. The zero-order valence-corrected chi connectivity index (χ0v) is 17.1. The molecule has 2 aromatic heterocycles. The number of aromatic nitrogens is 2. The Morgan fingerprint density at radius 1 is 1.03 bits per heavy atom. The summed E-state index contributed by atoms with van der Waals surface area (Å²) in [6, 6.07) is 17.3. The quantitative estimate of drug-likeness (QED) is 0.424. The van der Waals surface area contributed by atoms with Gasteiger partial charge in [0, 0.05) is 35.8 Å². The topological polar surface area (TPSA) is 51.3 Å². The van der Waals surface area contributed by atoms with E-state index in [1.165, 1.54) is 15.8 Å². The van der Waals surface area contributed by atoms with Crippen molar-refractivity contribution in [3.8, 4) is 16.9 Å². The third-order valence-corrected chi connectivity index (χ3v) is 5.66. The Hall–Kier alpha value is -3.81. The van der Waals surface area contributed by atoms with Gasteiger partial charge in [0.1, 0.15) is 5.76 Å². The Morgan fingerprint density at radius 2 is 1.75 bits per heavy atom. The second kappa shape index (κ2) is 7.40. The molecule has 0 bridgehead atoms. The molecular weight excluding hydrogens is 419 g/mol. The van der Waals surface area contributed by atoms with Gasteiger partial charge < -0.3 is 9.32 Å². The number of amides is 1. The lowest BCUT2D eigenvalue weighted by molar-refractivity contribution is -0.142. The summed E-state index contributed by atoms with van der Waals surface area (Å²) < 4.78 is 47.8. The largest absolute Gasteiger partial charge is 0.469 e. The van der Waals surface area contributed by atoms with Crippen LogP contribution in [-0.4, -0.2) is 22.7 Å². The maximum atomic E-state index is 13.7. The van der Waals surface area contributed by atoms with Gasteiger partial charge in [-0.1, -0.05) is 18.2 Å². The van der Waals surface area contributed by atoms with Crippen LogP contribution in [0.1, 0.15) is 27.4 Å². The number of carbonyl (C=O) groups excluding carboxylic acids is 1. The van der Waals surface area contributed by atoms with Crippen molar-refractivity contribution in [3.05, 3.63) is 89.5 Å². The van der Waals surface area contributed by atoms with Gasteiger partial charge in [-0.3, -0.25) is 4.79 Å². The number of halogens is 3. The molecule has 0 radical (unpaired) electrons. The van der Waals surface area contributed by atoms with Gasteiger partial charge in [-0.2, -0.15) is 18.3 Å². The molecule has 8 heteroatoms. The third-order valence-electron chi connectivity index (χ3n) is 5.66. The van der Waals surface area contributed by atoms with Gasteiger partial charge in [-0.25, -0.2) is 4.68 Å². The smallest absolute Gasteiger partial charge is 0.435 e. The standard InChI is InChI=1S/C24H18F3N3O2/c1-29(16-5-3-2-4-6-16)23(31)15-7-9-17(10-8-15)30-21-18-13-14-32-20(18)12-11-19(21)22(28-30)24(25,26)27/h2-10,13-14H,11-12H2,1H3. The zero-order chi connectivity index (χ0) is 22.5. The summed E-state index contributed by atoms with van der Waals surface area (Å²) in [6.07, 6.45) is -2.50. The fraction of sp³-hybridized carbons (Fsp3) is 0.167. The van der Waals surface area contributed by atoms with Crippen molar-refractivity contribution in [2.45, 2.75) is 19.0 Å². The Kier molecular flexibility index (Phi) is 4.65. The number of nitrogens with zero attached hydrogens (tertiary/aromatic N) is 3. The van der Waals surface area contributed by atoms with E-state index in [4.69, 9.17) is 4.42 Å². The number of para-hydroxylation sites is 1. The molecule has 0 fully saturated rings. The number of aryl methyl sites for hydroxylation is 1. The molecule has 1 aliphatic carbocycles. The highest BCUT2D eigenvalue weighted by atomic mass is 19.4. The van der Waals surface area contributed by atoms with Crippen molar-refractivity contribution < 1.29 is 22.4 Å². The predicted octanol–water partition coefficient (Wildman–Crippen LogP) is 5.53. The zero-order valence-electron chi connectivity index (χ0n) is 17.1. The highest BCUT2D eigenvalue weighted by Gasteiger charge is 2.41. The first-order chi connectivity index (χ1) is 15.3. The summed E-state index contributed by atoms with van der Waals surface area (Å²) in [5, 5.41) is 3.92.